The highest BCUT2D eigenvalue weighted by Gasteiger charge is 1.98. The molecule has 0 saturated heterocycles. The minimum Gasteiger partial charge on any atom is -0.388 e. The monoisotopic (exact) mass is 174 g/mol. The number of hydrogen-bond donors (Lipinski definition) is 0. The van der Waals surface area contributed by atoms with Crippen molar-refractivity contribution in [2.45, 2.75) is 6.92 Å². The molecule has 0 saturated carbocycles. The van der Waals surface area contributed by atoms with E-state index in [-0.39, 0.29) is 0 Å². The van der Waals surface area contributed by atoms with E-state index in [9.17, 15) is 4.79 Å². The molecule has 0 spiro atoms. The zero-order valence-electron chi connectivity index (χ0n) is 6.94. The lowest BCUT2D eigenvalue weighted by Gasteiger charge is -1.99. The zero-order chi connectivity index (χ0) is 9.68. The molecule has 4 heteroatoms. The SMILES string of the molecule is Cc1cc(OC#N)ccc1N=C=O. The standard InChI is InChI=1S/C9H6N2O2/c1-7-4-8(13-5-10)2-3-9(7)11-6-12/h2-4H,1H3. The number of nitriles is 1. The van der Waals surface area contributed by atoms with E-state index in [0.717, 1.165) is 5.56 Å². The van der Waals surface area contributed by atoms with Gasteiger partial charge in [-0.25, -0.2) is 4.79 Å². The molecule has 0 aromatic heterocycles. The van der Waals surface area contributed by atoms with Gasteiger partial charge in [0.05, 0.1) is 5.69 Å². The van der Waals surface area contributed by atoms with Crippen molar-refractivity contribution in [1.29, 1.82) is 5.26 Å². The van der Waals surface area contributed by atoms with Crippen molar-refractivity contribution >= 4 is 11.8 Å². The van der Waals surface area contributed by atoms with E-state index >= 15 is 0 Å². The summed E-state index contributed by atoms with van der Waals surface area (Å²) >= 11 is 0. The molecule has 1 aromatic rings. The number of benzene rings is 1. The molecule has 1 aromatic carbocycles. The Bertz CT molecular complexity index is 401. The highest BCUT2D eigenvalue weighted by molar-refractivity contribution is 5.55. The number of aryl methyl sites for hydroxylation is 1. The topological polar surface area (TPSA) is 62.4 Å². The number of nitrogens with zero attached hydrogens (tertiary/aromatic N) is 2. The second-order valence-corrected chi connectivity index (χ2v) is 2.34. The summed E-state index contributed by atoms with van der Waals surface area (Å²) in [6, 6.07) is 4.78. The summed E-state index contributed by atoms with van der Waals surface area (Å²) in [6.07, 6.45) is 3.00. The minimum absolute atomic E-state index is 0.435. The van der Waals surface area contributed by atoms with Crippen LogP contribution in [0, 0.1) is 18.4 Å². The van der Waals surface area contributed by atoms with Crippen molar-refractivity contribution in [3.05, 3.63) is 23.8 Å². The summed E-state index contributed by atoms with van der Waals surface area (Å²) in [6.45, 7) is 1.76. The highest BCUT2D eigenvalue weighted by atomic mass is 16.5. The fourth-order valence-corrected chi connectivity index (χ4v) is 0.919. The minimum atomic E-state index is 0.435. The van der Waals surface area contributed by atoms with Crippen molar-refractivity contribution in [3.8, 4) is 12.0 Å². The van der Waals surface area contributed by atoms with Crippen LogP contribution in [0.4, 0.5) is 5.69 Å². The number of carbonyl (C=O) groups excluding carboxylic acids is 1. The van der Waals surface area contributed by atoms with Gasteiger partial charge in [-0.05, 0) is 30.7 Å². The molecule has 0 bridgehead atoms. The largest absolute Gasteiger partial charge is 0.388 e. The van der Waals surface area contributed by atoms with Gasteiger partial charge in [0.15, 0.2) is 0 Å². The van der Waals surface area contributed by atoms with Crippen molar-refractivity contribution in [3.63, 3.8) is 0 Å². The molecule has 0 unspecified atom stereocenters. The second-order valence-electron chi connectivity index (χ2n) is 2.34. The van der Waals surface area contributed by atoms with Gasteiger partial charge in [0.25, 0.3) is 6.26 Å². The normalized spacial score (nSPS) is 8.31. The molecule has 64 valence electrons. The Morgan fingerprint density at radius 3 is 2.85 bits per heavy atom. The third-order valence-electron chi connectivity index (χ3n) is 1.50. The molecule has 1 rings (SSSR count). The van der Waals surface area contributed by atoms with Crippen LogP contribution < -0.4 is 4.74 Å². The molecule has 0 atom stereocenters. The number of ether oxygens (including phenoxy) is 1. The van der Waals surface area contributed by atoms with E-state index < -0.39 is 0 Å². The number of isocyanates is 1. The second kappa shape index (κ2) is 4.05. The molecule has 0 aliphatic heterocycles. The Morgan fingerprint density at radius 2 is 2.31 bits per heavy atom. The number of aliphatic imine (C=N–C) groups is 1. The van der Waals surface area contributed by atoms with Crippen LogP contribution in [-0.2, 0) is 4.79 Å². The third kappa shape index (κ3) is 2.16. The maximum Gasteiger partial charge on any atom is 0.292 e. The van der Waals surface area contributed by atoms with Gasteiger partial charge in [-0.15, -0.1) is 5.26 Å². The Hall–Kier alpha value is -2.11. The van der Waals surface area contributed by atoms with E-state index in [1.165, 1.54) is 6.08 Å². The van der Waals surface area contributed by atoms with E-state index in [1.807, 2.05) is 0 Å². The van der Waals surface area contributed by atoms with Crippen molar-refractivity contribution in [2.24, 2.45) is 4.99 Å². The van der Waals surface area contributed by atoms with E-state index in [2.05, 4.69) is 9.73 Å². The number of hydrogen-bond acceptors (Lipinski definition) is 4. The van der Waals surface area contributed by atoms with E-state index in [4.69, 9.17) is 5.26 Å². The first kappa shape index (κ1) is 8.98. The molecular formula is C9H6N2O2. The average molecular weight is 174 g/mol. The van der Waals surface area contributed by atoms with Crippen molar-refractivity contribution in [1.82, 2.24) is 0 Å². The van der Waals surface area contributed by atoms with Gasteiger partial charge in [-0.1, -0.05) is 0 Å². The van der Waals surface area contributed by atoms with Gasteiger partial charge < -0.3 is 4.74 Å². The molecule has 4 nitrogen and oxygen atoms in total. The van der Waals surface area contributed by atoms with Gasteiger partial charge in [0, 0.05) is 0 Å². The molecule has 0 aliphatic rings. The maximum absolute atomic E-state index is 9.96. The lowest BCUT2D eigenvalue weighted by Crippen LogP contribution is -1.82. The molecule has 0 radical (unpaired) electrons. The van der Waals surface area contributed by atoms with Crippen LogP contribution in [0.1, 0.15) is 5.56 Å². The first-order chi connectivity index (χ1) is 6.27. The van der Waals surface area contributed by atoms with Crippen LogP contribution in [0.2, 0.25) is 0 Å². The predicted octanol–water partition coefficient (Wildman–Crippen LogP) is 1.82. The molecule has 0 aliphatic carbocycles. The van der Waals surface area contributed by atoms with E-state index in [1.54, 1.807) is 31.4 Å². The maximum atomic E-state index is 9.96. The van der Waals surface area contributed by atoms with Crippen molar-refractivity contribution < 1.29 is 9.53 Å². The fraction of sp³-hybridized carbons (Fsp3) is 0.111. The summed E-state index contributed by atoms with van der Waals surface area (Å²) in [5, 5.41) is 8.23. The molecule has 0 heterocycles. The molecule has 0 fully saturated rings. The first-order valence-electron chi connectivity index (χ1n) is 3.52. The van der Waals surface area contributed by atoms with Crippen LogP contribution >= 0.6 is 0 Å². The molecular weight excluding hydrogens is 168 g/mol. The zero-order valence-corrected chi connectivity index (χ0v) is 6.94. The number of rotatable bonds is 2. The molecule has 13 heavy (non-hydrogen) atoms. The van der Waals surface area contributed by atoms with Gasteiger partial charge >= 0.3 is 0 Å². The fourth-order valence-electron chi connectivity index (χ4n) is 0.919. The van der Waals surface area contributed by atoms with Crippen molar-refractivity contribution in [2.75, 3.05) is 0 Å². The first-order valence-corrected chi connectivity index (χ1v) is 3.52. The van der Waals surface area contributed by atoms with E-state index in [0.29, 0.717) is 11.4 Å². The lowest BCUT2D eigenvalue weighted by molar-refractivity contribution is 0.507. The summed E-state index contributed by atoms with van der Waals surface area (Å²) < 4.78 is 4.59. The predicted molar refractivity (Wildman–Crippen MR) is 45.2 cm³/mol. The highest BCUT2D eigenvalue weighted by Crippen LogP contribution is 2.22. The van der Waals surface area contributed by atoms with Crippen LogP contribution in [0.5, 0.6) is 5.75 Å². The molecule has 0 amide bonds. The summed E-state index contributed by atoms with van der Waals surface area (Å²) in [7, 11) is 0. The quantitative estimate of drug-likeness (QED) is 0.390. The van der Waals surface area contributed by atoms with Crippen LogP contribution in [-0.4, -0.2) is 6.08 Å². The molecule has 0 N–H and O–H groups in total. The summed E-state index contributed by atoms with van der Waals surface area (Å²) in [5.74, 6) is 0.435. The third-order valence-corrected chi connectivity index (χ3v) is 1.50. The van der Waals surface area contributed by atoms with Gasteiger partial charge in [0.2, 0.25) is 6.08 Å². The van der Waals surface area contributed by atoms with Gasteiger partial charge in [-0.3, -0.25) is 0 Å². The van der Waals surface area contributed by atoms with Gasteiger partial charge in [-0.2, -0.15) is 4.99 Å². The Kier molecular flexibility index (Phi) is 2.80. The average Bonchev–Trinajstić information content (AvgIpc) is 2.10. The lowest BCUT2D eigenvalue weighted by atomic mass is 10.2. The Morgan fingerprint density at radius 1 is 1.54 bits per heavy atom. The van der Waals surface area contributed by atoms with Crippen LogP contribution in [0.3, 0.4) is 0 Å². The smallest absolute Gasteiger partial charge is 0.292 e. The Labute approximate surface area is 75.1 Å². The summed E-state index contributed by atoms with van der Waals surface area (Å²) in [5.41, 5.74) is 1.29. The Balaban J connectivity index is 3.06. The van der Waals surface area contributed by atoms with Crippen LogP contribution in [0.25, 0.3) is 0 Å². The van der Waals surface area contributed by atoms with Crippen LogP contribution in [0.15, 0.2) is 23.2 Å². The summed E-state index contributed by atoms with van der Waals surface area (Å²) in [4.78, 5) is 13.4. The van der Waals surface area contributed by atoms with Gasteiger partial charge in [0.1, 0.15) is 5.75 Å².